The minimum Gasteiger partial charge on any atom is -0.461 e. The zero-order chi connectivity index (χ0) is 15.3. The van der Waals surface area contributed by atoms with Crippen LogP contribution >= 0.6 is 0 Å². The number of hydrogen-bond donors (Lipinski definition) is 0. The van der Waals surface area contributed by atoms with E-state index >= 15 is 0 Å². The highest BCUT2D eigenvalue weighted by molar-refractivity contribution is 6.03. The van der Waals surface area contributed by atoms with Crippen LogP contribution in [0.4, 0.5) is 0 Å². The van der Waals surface area contributed by atoms with Crippen LogP contribution < -0.4 is 0 Å². The summed E-state index contributed by atoms with van der Waals surface area (Å²) in [5.74, 6) is 0.0904. The standard InChI is InChI=1S/C16H18N2O4/c1-9-13-11(15(19)21-8-16(2)6-20-7-16)5-12(10-3-4-10)17-14(13)22-18-9/h5,10H,3-4,6-8H2,1-2H3. The topological polar surface area (TPSA) is 74.5 Å². The number of aromatic nitrogens is 2. The molecule has 0 radical (unpaired) electrons. The number of hydrogen-bond acceptors (Lipinski definition) is 6. The van der Waals surface area contributed by atoms with Crippen molar-refractivity contribution in [2.24, 2.45) is 5.41 Å². The van der Waals surface area contributed by atoms with Crippen molar-refractivity contribution in [3.63, 3.8) is 0 Å². The molecule has 1 saturated carbocycles. The van der Waals surface area contributed by atoms with Crippen molar-refractivity contribution >= 4 is 17.1 Å². The lowest BCUT2D eigenvalue weighted by Crippen LogP contribution is -2.44. The normalized spacial score (nSPS) is 19.9. The van der Waals surface area contributed by atoms with Crippen molar-refractivity contribution in [1.82, 2.24) is 10.1 Å². The summed E-state index contributed by atoms with van der Waals surface area (Å²) < 4.78 is 15.9. The molecule has 0 N–H and O–H groups in total. The smallest absolute Gasteiger partial charge is 0.339 e. The molecule has 1 aliphatic carbocycles. The molecule has 2 aliphatic rings. The van der Waals surface area contributed by atoms with Crippen LogP contribution in [0.5, 0.6) is 0 Å². The molecule has 0 bridgehead atoms. The van der Waals surface area contributed by atoms with Crippen LogP contribution in [0.25, 0.3) is 11.1 Å². The number of esters is 1. The van der Waals surface area contributed by atoms with Gasteiger partial charge in [-0.25, -0.2) is 9.78 Å². The van der Waals surface area contributed by atoms with Gasteiger partial charge in [-0.15, -0.1) is 0 Å². The Morgan fingerprint density at radius 2 is 2.23 bits per heavy atom. The van der Waals surface area contributed by atoms with Gasteiger partial charge in [-0.3, -0.25) is 0 Å². The number of rotatable bonds is 4. The lowest BCUT2D eigenvalue weighted by Gasteiger charge is -2.37. The fourth-order valence-electron chi connectivity index (χ4n) is 2.71. The first kappa shape index (κ1) is 13.7. The molecular formula is C16H18N2O4. The van der Waals surface area contributed by atoms with E-state index in [9.17, 15) is 4.79 Å². The van der Waals surface area contributed by atoms with Gasteiger partial charge < -0.3 is 14.0 Å². The minimum atomic E-state index is -0.339. The van der Waals surface area contributed by atoms with Gasteiger partial charge in [0.15, 0.2) is 0 Å². The molecule has 6 nitrogen and oxygen atoms in total. The van der Waals surface area contributed by atoms with Gasteiger partial charge in [0.25, 0.3) is 5.71 Å². The Morgan fingerprint density at radius 1 is 1.45 bits per heavy atom. The molecule has 2 aromatic heterocycles. The monoisotopic (exact) mass is 302 g/mol. The fourth-order valence-corrected chi connectivity index (χ4v) is 2.71. The van der Waals surface area contributed by atoms with Gasteiger partial charge in [0, 0.05) is 17.0 Å². The zero-order valence-electron chi connectivity index (χ0n) is 12.7. The molecule has 2 aromatic rings. The van der Waals surface area contributed by atoms with E-state index in [2.05, 4.69) is 10.1 Å². The van der Waals surface area contributed by atoms with E-state index in [1.807, 2.05) is 19.9 Å². The maximum atomic E-state index is 12.5. The molecule has 3 heterocycles. The van der Waals surface area contributed by atoms with Gasteiger partial charge in [0.1, 0.15) is 6.61 Å². The molecule has 4 rings (SSSR count). The highest BCUT2D eigenvalue weighted by Crippen LogP contribution is 2.40. The average molecular weight is 302 g/mol. The molecule has 22 heavy (non-hydrogen) atoms. The van der Waals surface area contributed by atoms with E-state index in [-0.39, 0.29) is 11.4 Å². The Hall–Kier alpha value is -1.95. The second kappa shape index (κ2) is 4.78. The van der Waals surface area contributed by atoms with Crippen molar-refractivity contribution in [1.29, 1.82) is 0 Å². The molecule has 2 fully saturated rings. The Morgan fingerprint density at radius 3 is 2.86 bits per heavy atom. The third kappa shape index (κ3) is 2.27. The molecule has 6 heteroatoms. The first-order valence-electron chi connectivity index (χ1n) is 7.57. The van der Waals surface area contributed by atoms with E-state index in [1.165, 1.54) is 0 Å². The third-order valence-corrected chi connectivity index (χ3v) is 4.31. The number of carbonyl (C=O) groups is 1. The second-order valence-corrected chi connectivity index (χ2v) is 6.70. The summed E-state index contributed by atoms with van der Waals surface area (Å²) in [7, 11) is 0. The van der Waals surface area contributed by atoms with E-state index in [0.29, 0.717) is 48.1 Å². The minimum absolute atomic E-state index is 0.0647. The highest BCUT2D eigenvalue weighted by atomic mass is 16.5. The number of ether oxygens (including phenoxy) is 2. The first-order chi connectivity index (χ1) is 10.6. The van der Waals surface area contributed by atoms with Crippen LogP contribution in [0.3, 0.4) is 0 Å². The molecule has 0 spiro atoms. The summed E-state index contributed by atoms with van der Waals surface area (Å²) in [5.41, 5.74) is 2.43. The van der Waals surface area contributed by atoms with Crippen LogP contribution in [0, 0.1) is 12.3 Å². The second-order valence-electron chi connectivity index (χ2n) is 6.70. The highest BCUT2D eigenvalue weighted by Gasteiger charge is 2.35. The largest absolute Gasteiger partial charge is 0.461 e. The van der Waals surface area contributed by atoms with Gasteiger partial charge in [0.05, 0.1) is 29.9 Å². The lowest BCUT2D eigenvalue weighted by molar-refractivity contribution is -0.127. The summed E-state index contributed by atoms with van der Waals surface area (Å²) in [6.45, 7) is 5.48. The maximum absolute atomic E-state index is 12.5. The SMILES string of the molecule is Cc1noc2nc(C3CC3)cc(C(=O)OCC3(C)COC3)c12. The first-order valence-corrected chi connectivity index (χ1v) is 7.57. The quantitative estimate of drug-likeness (QED) is 0.808. The van der Waals surface area contributed by atoms with Gasteiger partial charge in [0.2, 0.25) is 0 Å². The van der Waals surface area contributed by atoms with Gasteiger partial charge in [-0.2, -0.15) is 0 Å². The summed E-state index contributed by atoms with van der Waals surface area (Å²) in [4.78, 5) is 17.0. The maximum Gasteiger partial charge on any atom is 0.339 e. The molecule has 0 aromatic carbocycles. The molecular weight excluding hydrogens is 284 g/mol. The number of aryl methyl sites for hydroxylation is 1. The Kier molecular flexibility index (Phi) is 2.97. The summed E-state index contributed by atoms with van der Waals surface area (Å²) in [5, 5.41) is 4.59. The predicted octanol–water partition coefficient (Wildman–Crippen LogP) is 2.60. The number of carbonyl (C=O) groups excluding carboxylic acids is 1. The molecule has 1 saturated heterocycles. The van der Waals surface area contributed by atoms with E-state index < -0.39 is 0 Å². The van der Waals surface area contributed by atoms with Crippen LogP contribution in [0.2, 0.25) is 0 Å². The molecule has 1 aliphatic heterocycles. The van der Waals surface area contributed by atoms with Crippen LogP contribution in [0.1, 0.15) is 47.4 Å². The molecule has 0 unspecified atom stereocenters. The number of nitrogens with zero attached hydrogens (tertiary/aromatic N) is 2. The fraction of sp³-hybridized carbons (Fsp3) is 0.562. The van der Waals surface area contributed by atoms with Crippen LogP contribution in [-0.2, 0) is 9.47 Å². The lowest BCUT2D eigenvalue weighted by atomic mass is 9.90. The van der Waals surface area contributed by atoms with Crippen molar-refractivity contribution in [2.75, 3.05) is 19.8 Å². The Balaban J connectivity index is 1.66. The number of fused-ring (bicyclic) bond motifs is 1. The van der Waals surface area contributed by atoms with Crippen molar-refractivity contribution < 1.29 is 18.8 Å². The Bertz CT molecular complexity index is 744. The summed E-state index contributed by atoms with van der Waals surface area (Å²) in [6.07, 6.45) is 2.21. The average Bonchev–Trinajstić information content (AvgIpc) is 3.26. The van der Waals surface area contributed by atoms with Crippen molar-refractivity contribution in [2.45, 2.75) is 32.6 Å². The molecule has 116 valence electrons. The summed E-state index contributed by atoms with van der Waals surface area (Å²) in [6, 6.07) is 1.84. The summed E-state index contributed by atoms with van der Waals surface area (Å²) >= 11 is 0. The third-order valence-electron chi connectivity index (χ3n) is 4.31. The van der Waals surface area contributed by atoms with E-state index in [4.69, 9.17) is 14.0 Å². The van der Waals surface area contributed by atoms with Crippen LogP contribution in [-0.4, -0.2) is 35.9 Å². The Labute approximate surface area is 127 Å². The molecule has 0 amide bonds. The van der Waals surface area contributed by atoms with Crippen molar-refractivity contribution in [3.05, 3.63) is 23.0 Å². The van der Waals surface area contributed by atoms with Crippen molar-refractivity contribution in [3.8, 4) is 0 Å². The predicted molar refractivity (Wildman–Crippen MR) is 77.7 cm³/mol. The van der Waals surface area contributed by atoms with Crippen LogP contribution in [0.15, 0.2) is 10.6 Å². The zero-order valence-corrected chi connectivity index (χ0v) is 12.7. The van der Waals surface area contributed by atoms with E-state index in [1.54, 1.807) is 0 Å². The molecule has 0 atom stereocenters. The van der Waals surface area contributed by atoms with E-state index in [0.717, 1.165) is 18.5 Å². The van der Waals surface area contributed by atoms with Gasteiger partial charge in [-0.1, -0.05) is 12.1 Å². The number of pyridine rings is 1. The van der Waals surface area contributed by atoms with Gasteiger partial charge >= 0.3 is 5.97 Å². The van der Waals surface area contributed by atoms with Gasteiger partial charge in [-0.05, 0) is 25.8 Å².